The molecular weight excluding hydrogens is 1220 g/mol. The molecule has 0 saturated heterocycles. The average Bonchev–Trinajstić information content (AvgIpc) is 1.74. The minimum atomic E-state index is -2.40. The lowest BCUT2D eigenvalue weighted by Crippen LogP contribution is -2.32. The van der Waals surface area contributed by atoms with Crippen LogP contribution in [0.3, 0.4) is 0 Å². The van der Waals surface area contributed by atoms with Crippen LogP contribution in [0.5, 0.6) is 0 Å². The minimum Gasteiger partial charge on any atom is -0.201 e. The fourth-order valence-corrected chi connectivity index (χ4v) is 15.7. The van der Waals surface area contributed by atoms with Crippen LogP contribution in [-0.2, 0) is 66.6 Å². The van der Waals surface area contributed by atoms with E-state index >= 15 is 0 Å². The molecular formula is C97H106N4+4. The zero-order valence-corrected chi connectivity index (χ0v) is 62.2. The molecule has 0 spiro atoms. The topological polar surface area (TPSA) is 15.5 Å². The van der Waals surface area contributed by atoms with Crippen molar-refractivity contribution >= 4 is 0 Å². The summed E-state index contributed by atoms with van der Waals surface area (Å²) in [6.07, 6.45) is 7.49. The van der Waals surface area contributed by atoms with Crippen LogP contribution in [0.15, 0.2) is 201 Å². The molecule has 510 valence electrons. The van der Waals surface area contributed by atoms with Crippen molar-refractivity contribution in [2.24, 2.45) is 39.0 Å². The van der Waals surface area contributed by atoms with Gasteiger partial charge in [0, 0.05) is 88.5 Å². The largest absolute Gasteiger partial charge is 0.212 e. The second-order valence-electron chi connectivity index (χ2n) is 30.6. The lowest BCUT2D eigenvalue weighted by molar-refractivity contribution is -0.660. The van der Waals surface area contributed by atoms with Gasteiger partial charge in [-0.3, -0.25) is 0 Å². The highest BCUT2D eigenvalue weighted by atomic mass is 14.9. The molecule has 0 fully saturated rings. The van der Waals surface area contributed by atoms with Gasteiger partial charge >= 0.3 is 0 Å². The van der Waals surface area contributed by atoms with E-state index in [0.29, 0.717) is 11.1 Å². The van der Waals surface area contributed by atoms with Gasteiger partial charge in [-0.2, -0.15) is 0 Å². The number of hydrogen-bond acceptors (Lipinski definition) is 0. The number of rotatable bonds is 7. The first kappa shape index (κ1) is 54.2. The van der Waals surface area contributed by atoms with Crippen molar-refractivity contribution in [2.45, 2.75) is 155 Å². The highest BCUT2D eigenvalue weighted by Crippen LogP contribution is 2.46. The molecule has 0 bridgehead atoms. The van der Waals surface area contributed by atoms with Crippen LogP contribution in [0.2, 0.25) is 0 Å². The van der Waals surface area contributed by atoms with Gasteiger partial charge in [-0.05, 0) is 268 Å². The maximum atomic E-state index is 8.84. The number of benzene rings is 8. The predicted molar refractivity (Wildman–Crippen MR) is 423 cm³/mol. The molecule has 4 heteroatoms. The summed E-state index contributed by atoms with van der Waals surface area (Å²) in [5.74, 6) is -1.01. The van der Waals surface area contributed by atoms with Crippen molar-refractivity contribution in [3.8, 4) is 89.5 Å². The van der Waals surface area contributed by atoms with Gasteiger partial charge in [0.05, 0.1) is 0 Å². The molecule has 0 aliphatic heterocycles. The van der Waals surface area contributed by atoms with E-state index < -0.39 is 50.0 Å². The molecule has 8 aromatic carbocycles. The summed E-state index contributed by atoms with van der Waals surface area (Å²) in [6, 6.07) is 61.1. The quantitative estimate of drug-likeness (QED) is 0.141. The normalized spacial score (nSPS) is 15.4. The lowest BCUT2D eigenvalue weighted by Gasteiger charge is -2.20. The first-order chi connectivity index (χ1) is 53.6. The van der Waals surface area contributed by atoms with Gasteiger partial charge in [0.1, 0.15) is 28.2 Å². The highest BCUT2D eigenvalue weighted by Gasteiger charge is 2.30. The molecule has 4 aliphatic rings. The summed E-state index contributed by atoms with van der Waals surface area (Å²) in [4.78, 5) is 0. The van der Waals surface area contributed by atoms with E-state index in [4.69, 9.17) is 19.2 Å². The Morgan fingerprint density at radius 1 is 0.356 bits per heavy atom. The Labute approximate surface area is 624 Å². The molecule has 4 aromatic heterocycles. The van der Waals surface area contributed by atoms with Gasteiger partial charge < -0.3 is 0 Å². The monoisotopic (exact) mass is 1340 g/mol. The Bertz CT molecular complexity index is 5880. The SMILES string of the molecule is [2H]C([2H])([2H])c1c[n+](C)c(-c2ccc3c(c2C)Cc2ccccc2-3)cc1C.[2H]C([2H])([2H])c1c[n+](C)c(-c2ccc3c(c2C)Cc2ccccc2-3)cc1C([2H])(C)C.[2H]C([2H])([2H])c1c[n+](C)c(-c2ccc3c(c2C)Cc2ccccc2-3)cc1C([2H])([2H])C(C)(C)C.[2H]C([2H])(c1cc[n+](C)c(-c2ccc3c(c2C)Cc2ccccc2-3)c1)C(C)(C)C. The average molecular weight is 1340 g/mol. The van der Waals surface area contributed by atoms with Crippen LogP contribution >= 0.6 is 0 Å². The van der Waals surface area contributed by atoms with Crippen LogP contribution in [-0.4, -0.2) is 0 Å². The van der Waals surface area contributed by atoms with Gasteiger partial charge in [-0.25, -0.2) is 18.3 Å². The van der Waals surface area contributed by atoms with Crippen molar-refractivity contribution in [1.82, 2.24) is 0 Å². The first-order valence-electron chi connectivity index (χ1n) is 42.5. The molecule has 0 N–H and O–H groups in total. The molecule has 4 nitrogen and oxygen atoms in total. The Morgan fingerprint density at radius 2 is 0.683 bits per heavy atom. The molecule has 0 unspecified atom stereocenters. The molecule has 4 heterocycles. The van der Waals surface area contributed by atoms with Crippen LogP contribution in [0.1, 0.15) is 186 Å². The number of aryl methyl sites for hydroxylation is 8. The van der Waals surface area contributed by atoms with Gasteiger partial charge in [-0.1, -0.05) is 177 Å². The Kier molecular flexibility index (Phi) is 14.9. The number of nitrogens with zero attached hydrogens (tertiary/aromatic N) is 4. The standard InChI is InChI=1S/C26H30N.C25H28N.C24H26N.C22H22N/c1-17-16-27(6)25(14-20(17)15-26(3,4)5)21-11-12-23-22-10-8-7-9-19(22)13-24(23)18(21)2;1-17-20(24-14-18(12-13-26(24)5)16-25(2,3)4)10-11-22-21-9-7-6-8-19(21)15-23(17)22;1-15(2)22-13-24(25(5)14-16(22)3)19-10-11-21-20-9-7-6-8-18(20)12-23(21)17(19)4;1-14-11-22(23(4)13-15(14)2)18-9-10-20-19-8-6-5-7-17(19)12-21(20)16(18)3/h7-12,14,16H,13,15H2,1-6H3;6-14H,15-16H2,1-5H3;6-11,13-15H,12H2,1-5H3;5-11,13H,12H2,1-4H3/q4*+1/i1D3,15D2;16D2;3D3,15D;2D3. The van der Waals surface area contributed by atoms with Crippen molar-refractivity contribution in [3.05, 3.63) is 306 Å². The summed E-state index contributed by atoms with van der Waals surface area (Å²) in [6.45, 7) is 18.5. The maximum absolute atomic E-state index is 8.84. The fraction of sp³-hybridized carbons (Fsp3) is 0.299. The third-order valence-electron chi connectivity index (χ3n) is 20.9. The maximum Gasteiger partial charge on any atom is 0.212 e. The summed E-state index contributed by atoms with van der Waals surface area (Å²) in [7, 11) is 7.67. The fourth-order valence-electron chi connectivity index (χ4n) is 15.7. The third kappa shape index (κ3) is 13.9. The molecule has 16 rings (SSSR count). The molecule has 101 heavy (non-hydrogen) atoms. The number of hydrogen-bond donors (Lipinski definition) is 0. The van der Waals surface area contributed by atoms with E-state index in [1.807, 2.05) is 100 Å². The van der Waals surface area contributed by atoms with Crippen LogP contribution in [0.4, 0.5) is 0 Å². The lowest BCUT2D eigenvalue weighted by atomic mass is 9.86. The Morgan fingerprint density at radius 3 is 1.05 bits per heavy atom. The Balaban J connectivity index is 0.000000134. The molecule has 12 aromatic rings. The highest BCUT2D eigenvalue weighted by molar-refractivity contribution is 5.86. The third-order valence-corrected chi connectivity index (χ3v) is 20.9. The Hall–Kier alpha value is -9.64. The number of aromatic nitrogens is 4. The van der Waals surface area contributed by atoms with E-state index in [9.17, 15) is 0 Å². The zero-order chi connectivity index (χ0) is 83.7. The minimum absolute atomic E-state index is 0.0647. The van der Waals surface area contributed by atoms with Gasteiger partial charge in [0.2, 0.25) is 22.8 Å². The van der Waals surface area contributed by atoms with Crippen molar-refractivity contribution in [2.75, 3.05) is 0 Å². The predicted octanol–water partition coefficient (Wildman–Crippen LogP) is 21.8. The van der Waals surface area contributed by atoms with E-state index in [1.54, 1.807) is 59.3 Å². The number of fused-ring (bicyclic) bond motifs is 12. The summed E-state index contributed by atoms with van der Waals surface area (Å²) in [5.41, 5.74) is 36.2. The van der Waals surface area contributed by atoms with Crippen LogP contribution in [0, 0.1) is 66.0 Å². The molecule has 0 saturated carbocycles. The van der Waals surface area contributed by atoms with E-state index in [2.05, 4.69) is 178 Å². The second kappa shape index (κ2) is 27.7. The second-order valence-corrected chi connectivity index (χ2v) is 30.6. The van der Waals surface area contributed by atoms with E-state index in [1.165, 1.54) is 117 Å². The van der Waals surface area contributed by atoms with E-state index in [0.717, 1.165) is 76.3 Å². The smallest absolute Gasteiger partial charge is 0.201 e. The van der Waals surface area contributed by atoms with Crippen molar-refractivity contribution in [1.29, 1.82) is 0 Å². The molecule has 0 radical (unpaired) electrons. The molecule has 4 aliphatic carbocycles. The summed E-state index contributed by atoms with van der Waals surface area (Å²) >= 11 is 0. The first-order valence-corrected chi connectivity index (χ1v) is 35.5. The molecule has 0 atom stereocenters. The molecule has 0 amide bonds. The summed E-state index contributed by atoms with van der Waals surface area (Å²) < 4.78 is 122. The number of pyridine rings is 4. The van der Waals surface area contributed by atoms with Crippen molar-refractivity contribution < 1.29 is 37.5 Å². The van der Waals surface area contributed by atoms with Gasteiger partial charge in [0.15, 0.2) is 24.8 Å². The van der Waals surface area contributed by atoms with Crippen LogP contribution < -0.4 is 18.3 Å². The summed E-state index contributed by atoms with van der Waals surface area (Å²) in [5, 5.41) is 0. The van der Waals surface area contributed by atoms with Gasteiger partial charge in [0.25, 0.3) is 0 Å². The van der Waals surface area contributed by atoms with Crippen molar-refractivity contribution in [3.63, 3.8) is 0 Å². The van der Waals surface area contributed by atoms with Gasteiger partial charge in [-0.15, -0.1) is 0 Å². The van der Waals surface area contributed by atoms with E-state index in [-0.39, 0.29) is 16.7 Å². The van der Waals surface area contributed by atoms with Crippen LogP contribution in [0.25, 0.3) is 89.5 Å². The zero-order valence-electron chi connectivity index (χ0n) is 76.2.